The fraction of sp³-hybridized carbons (Fsp3) is 1.00. The minimum atomic E-state index is 0.761. The molecular weight excluding hydrogens is 184 g/mol. The number of piperidine rings is 1. The molecule has 1 aliphatic heterocycles. The maximum Gasteiger partial charge on any atom is 0.00941 e. The first kappa shape index (κ1) is 13.0. The molecule has 3 unspecified atom stereocenters. The Labute approximate surface area is 95.4 Å². The predicted octanol–water partition coefficient (Wildman–Crippen LogP) is 2.49. The van der Waals surface area contributed by atoms with Gasteiger partial charge in [-0.15, -0.1) is 0 Å². The van der Waals surface area contributed by atoms with Gasteiger partial charge in [-0.3, -0.25) is 0 Å². The monoisotopic (exact) mass is 212 g/mol. The fourth-order valence-corrected chi connectivity index (χ4v) is 2.39. The summed E-state index contributed by atoms with van der Waals surface area (Å²) in [7, 11) is 0. The summed E-state index contributed by atoms with van der Waals surface area (Å²) >= 11 is 0. The highest BCUT2D eigenvalue weighted by Crippen LogP contribution is 2.17. The summed E-state index contributed by atoms with van der Waals surface area (Å²) < 4.78 is 0. The van der Waals surface area contributed by atoms with Gasteiger partial charge in [0.1, 0.15) is 0 Å². The van der Waals surface area contributed by atoms with Crippen molar-refractivity contribution < 1.29 is 0 Å². The third kappa shape index (κ3) is 4.12. The summed E-state index contributed by atoms with van der Waals surface area (Å²) in [5, 5.41) is 3.72. The maximum absolute atomic E-state index is 3.72. The molecule has 0 aromatic heterocycles. The molecule has 2 nitrogen and oxygen atoms in total. The molecule has 0 aromatic rings. The molecule has 0 amide bonds. The second-order valence-corrected chi connectivity index (χ2v) is 5.12. The number of rotatable bonds is 5. The van der Waals surface area contributed by atoms with E-state index in [-0.39, 0.29) is 0 Å². The normalized spacial score (nSPS) is 30.4. The van der Waals surface area contributed by atoms with Crippen LogP contribution in [0.25, 0.3) is 0 Å². The first-order valence-corrected chi connectivity index (χ1v) is 6.64. The van der Waals surface area contributed by atoms with Crippen LogP contribution in [0.1, 0.15) is 47.0 Å². The second-order valence-electron chi connectivity index (χ2n) is 5.12. The van der Waals surface area contributed by atoms with Gasteiger partial charge in [0.2, 0.25) is 0 Å². The quantitative estimate of drug-likeness (QED) is 0.753. The highest BCUT2D eigenvalue weighted by Gasteiger charge is 2.23. The lowest BCUT2D eigenvalue weighted by molar-refractivity contribution is 0.141. The van der Waals surface area contributed by atoms with Crippen LogP contribution in [0.2, 0.25) is 0 Å². The van der Waals surface area contributed by atoms with Gasteiger partial charge in [0.25, 0.3) is 0 Å². The third-order valence-corrected chi connectivity index (χ3v) is 3.87. The van der Waals surface area contributed by atoms with Crippen molar-refractivity contribution in [2.24, 2.45) is 5.92 Å². The molecule has 2 heteroatoms. The van der Waals surface area contributed by atoms with Crippen molar-refractivity contribution in [1.82, 2.24) is 10.2 Å². The van der Waals surface area contributed by atoms with Gasteiger partial charge in [0.15, 0.2) is 0 Å². The molecule has 15 heavy (non-hydrogen) atoms. The van der Waals surface area contributed by atoms with E-state index in [9.17, 15) is 0 Å². The fourth-order valence-electron chi connectivity index (χ4n) is 2.39. The SMILES string of the molecule is CCC(C)CNC1CCN(CC)C(C)C1. The summed E-state index contributed by atoms with van der Waals surface area (Å²) in [5.41, 5.74) is 0. The maximum atomic E-state index is 3.72. The van der Waals surface area contributed by atoms with Crippen molar-refractivity contribution in [2.75, 3.05) is 19.6 Å². The highest BCUT2D eigenvalue weighted by atomic mass is 15.2. The van der Waals surface area contributed by atoms with Gasteiger partial charge >= 0.3 is 0 Å². The van der Waals surface area contributed by atoms with Gasteiger partial charge in [-0.05, 0) is 45.3 Å². The van der Waals surface area contributed by atoms with E-state index in [1.165, 1.54) is 38.9 Å². The lowest BCUT2D eigenvalue weighted by Gasteiger charge is -2.37. The largest absolute Gasteiger partial charge is 0.314 e. The summed E-state index contributed by atoms with van der Waals surface area (Å²) in [6.07, 6.45) is 3.94. The lowest BCUT2D eigenvalue weighted by Crippen LogP contribution is -2.47. The molecule has 90 valence electrons. The van der Waals surface area contributed by atoms with E-state index < -0.39 is 0 Å². The van der Waals surface area contributed by atoms with Crippen LogP contribution in [0.3, 0.4) is 0 Å². The van der Waals surface area contributed by atoms with Crippen molar-refractivity contribution in [3.8, 4) is 0 Å². The van der Waals surface area contributed by atoms with E-state index in [0.29, 0.717) is 0 Å². The van der Waals surface area contributed by atoms with Gasteiger partial charge in [-0.25, -0.2) is 0 Å². The smallest absolute Gasteiger partial charge is 0.00941 e. The zero-order valence-corrected chi connectivity index (χ0v) is 10.9. The summed E-state index contributed by atoms with van der Waals surface area (Å²) in [4.78, 5) is 2.58. The van der Waals surface area contributed by atoms with E-state index in [1.54, 1.807) is 0 Å². The minimum Gasteiger partial charge on any atom is -0.314 e. The molecule has 1 rings (SSSR count). The zero-order valence-electron chi connectivity index (χ0n) is 10.9. The molecule has 0 aromatic carbocycles. The molecule has 1 fully saturated rings. The van der Waals surface area contributed by atoms with Crippen LogP contribution < -0.4 is 5.32 Å². The van der Waals surface area contributed by atoms with Crippen molar-refractivity contribution in [2.45, 2.75) is 59.0 Å². The molecule has 0 bridgehead atoms. The average molecular weight is 212 g/mol. The van der Waals surface area contributed by atoms with Crippen LogP contribution in [0.4, 0.5) is 0 Å². The Hall–Kier alpha value is -0.0800. The van der Waals surface area contributed by atoms with Crippen molar-refractivity contribution in [3.05, 3.63) is 0 Å². The Morgan fingerprint density at radius 3 is 2.67 bits per heavy atom. The Kier molecular flexibility index (Phi) is 5.62. The van der Waals surface area contributed by atoms with Gasteiger partial charge in [0, 0.05) is 12.1 Å². The topological polar surface area (TPSA) is 15.3 Å². The van der Waals surface area contributed by atoms with E-state index in [2.05, 4.69) is 37.9 Å². The zero-order chi connectivity index (χ0) is 11.3. The molecule has 0 spiro atoms. The van der Waals surface area contributed by atoms with E-state index >= 15 is 0 Å². The average Bonchev–Trinajstić information content (AvgIpc) is 2.26. The van der Waals surface area contributed by atoms with Crippen LogP contribution >= 0.6 is 0 Å². The van der Waals surface area contributed by atoms with Gasteiger partial charge < -0.3 is 10.2 Å². The lowest BCUT2D eigenvalue weighted by atomic mass is 9.97. The Bertz CT molecular complexity index is 170. The molecule has 1 N–H and O–H groups in total. The summed E-state index contributed by atoms with van der Waals surface area (Å²) in [6.45, 7) is 12.9. The first-order valence-electron chi connectivity index (χ1n) is 6.64. The molecule has 1 heterocycles. The van der Waals surface area contributed by atoms with Crippen molar-refractivity contribution in [3.63, 3.8) is 0 Å². The van der Waals surface area contributed by atoms with E-state index in [1.807, 2.05) is 0 Å². The summed E-state index contributed by atoms with van der Waals surface area (Å²) in [5.74, 6) is 0.824. The number of nitrogens with zero attached hydrogens (tertiary/aromatic N) is 1. The number of likely N-dealkylation sites (tertiary alicyclic amines) is 1. The Morgan fingerprint density at radius 2 is 2.13 bits per heavy atom. The Morgan fingerprint density at radius 1 is 1.40 bits per heavy atom. The van der Waals surface area contributed by atoms with Crippen molar-refractivity contribution in [1.29, 1.82) is 0 Å². The standard InChI is InChI=1S/C13H28N2/c1-5-11(3)10-14-13-7-8-15(6-2)12(4)9-13/h11-14H,5-10H2,1-4H3. The number of nitrogens with one attached hydrogen (secondary N) is 1. The predicted molar refractivity (Wildman–Crippen MR) is 67.2 cm³/mol. The van der Waals surface area contributed by atoms with Gasteiger partial charge in [-0.2, -0.15) is 0 Å². The van der Waals surface area contributed by atoms with Crippen molar-refractivity contribution >= 4 is 0 Å². The van der Waals surface area contributed by atoms with Crippen LogP contribution in [-0.2, 0) is 0 Å². The molecule has 1 saturated heterocycles. The van der Waals surface area contributed by atoms with E-state index in [0.717, 1.165) is 18.0 Å². The number of hydrogen-bond donors (Lipinski definition) is 1. The minimum absolute atomic E-state index is 0.761. The van der Waals surface area contributed by atoms with E-state index in [4.69, 9.17) is 0 Å². The van der Waals surface area contributed by atoms with Crippen LogP contribution in [-0.4, -0.2) is 36.6 Å². The van der Waals surface area contributed by atoms with Crippen LogP contribution in [0.15, 0.2) is 0 Å². The van der Waals surface area contributed by atoms with Crippen LogP contribution in [0, 0.1) is 5.92 Å². The first-order chi connectivity index (χ1) is 7.17. The van der Waals surface area contributed by atoms with Crippen LogP contribution in [0.5, 0.6) is 0 Å². The Balaban J connectivity index is 2.22. The van der Waals surface area contributed by atoms with Gasteiger partial charge in [0.05, 0.1) is 0 Å². The summed E-state index contributed by atoms with van der Waals surface area (Å²) in [6, 6.07) is 1.52. The molecule has 1 aliphatic rings. The third-order valence-electron chi connectivity index (χ3n) is 3.87. The van der Waals surface area contributed by atoms with Gasteiger partial charge in [-0.1, -0.05) is 27.2 Å². The number of hydrogen-bond acceptors (Lipinski definition) is 2. The molecule has 0 radical (unpaired) electrons. The molecule has 0 saturated carbocycles. The highest BCUT2D eigenvalue weighted by molar-refractivity contribution is 4.82. The molecule has 0 aliphatic carbocycles. The molecule has 3 atom stereocenters. The molecular formula is C13H28N2. The second kappa shape index (κ2) is 6.49.